The molecule has 0 spiro atoms. The van der Waals surface area contributed by atoms with Crippen LogP contribution >= 0.6 is 0 Å². The van der Waals surface area contributed by atoms with Gasteiger partial charge >= 0.3 is 73.2 Å². The van der Waals surface area contributed by atoms with Gasteiger partial charge in [-0.3, -0.25) is 0 Å². The molecule has 0 aliphatic rings. The molecule has 10 heavy (non-hydrogen) atoms. The second-order valence-corrected chi connectivity index (χ2v) is 3.68. The van der Waals surface area contributed by atoms with Gasteiger partial charge in [0.2, 0.25) is 0 Å². The van der Waals surface area contributed by atoms with Gasteiger partial charge in [0.05, 0.1) is 0 Å². The van der Waals surface area contributed by atoms with Crippen molar-refractivity contribution in [2.75, 3.05) is 0 Å². The van der Waals surface area contributed by atoms with Gasteiger partial charge in [0.1, 0.15) is 0 Å². The van der Waals surface area contributed by atoms with E-state index in [1.165, 1.54) is 50.3 Å². The first-order valence-electron chi connectivity index (χ1n) is 4.50. The molecule has 0 aromatic heterocycles. The van der Waals surface area contributed by atoms with Crippen molar-refractivity contribution >= 4 is 16.0 Å². The summed E-state index contributed by atoms with van der Waals surface area (Å²) in [5, 5.41) is 1.24. The van der Waals surface area contributed by atoms with Crippen molar-refractivity contribution in [1.82, 2.24) is 0 Å². The number of hydrogen-bond acceptors (Lipinski definition) is 0. The van der Waals surface area contributed by atoms with Crippen LogP contribution in [-0.2, 0) is 0 Å². The second-order valence-electron chi connectivity index (χ2n) is 2.83. The Labute approximate surface area is 73.6 Å². The van der Waals surface area contributed by atoms with E-state index in [9.17, 15) is 0 Å². The van der Waals surface area contributed by atoms with Crippen molar-refractivity contribution in [1.29, 1.82) is 0 Å². The summed E-state index contributed by atoms with van der Waals surface area (Å²) in [5.41, 5.74) is 0. The van der Waals surface area contributed by atoms with Crippen molar-refractivity contribution in [3.8, 4) is 0 Å². The fourth-order valence-corrected chi connectivity index (χ4v) is 1.49. The summed E-state index contributed by atoms with van der Waals surface area (Å²) in [6.45, 7) is 2.26. The predicted octanol–water partition coefficient (Wildman–Crippen LogP) is 3.32. The molecule has 0 bridgehead atoms. The van der Waals surface area contributed by atoms with E-state index in [2.05, 4.69) is 22.9 Å². The monoisotopic (exact) mass is 207 g/mol. The van der Waals surface area contributed by atoms with Crippen LogP contribution in [0.25, 0.3) is 0 Å². The molecule has 1 radical (unpaired) electrons. The van der Waals surface area contributed by atoms with Gasteiger partial charge in [-0.05, 0) is 0 Å². The third kappa shape index (κ3) is 8.52. The molecule has 1 heteroatoms. The maximum atomic E-state index is 3.04. The van der Waals surface area contributed by atoms with E-state index in [-0.39, 0.29) is 0 Å². The summed E-state index contributed by atoms with van der Waals surface area (Å²) >= 11 is 3.04. The van der Waals surface area contributed by atoms with Crippen LogP contribution < -0.4 is 0 Å². The van der Waals surface area contributed by atoms with E-state index in [0.29, 0.717) is 0 Å². The molecule has 0 unspecified atom stereocenters. The van der Waals surface area contributed by atoms with E-state index in [1.807, 2.05) is 0 Å². The minimum absolute atomic E-state index is 1.24. The summed E-state index contributed by atoms with van der Waals surface area (Å²) in [6, 6.07) is 0. The first kappa shape index (κ1) is 10.5. The van der Waals surface area contributed by atoms with Crippen LogP contribution in [0.15, 0.2) is 0 Å². The molecule has 0 atom stereocenters. The molecule has 0 N–H and O–H groups in total. The Morgan fingerprint density at radius 3 is 1.80 bits per heavy atom. The van der Waals surface area contributed by atoms with E-state index >= 15 is 0 Å². The Bertz CT molecular complexity index is 44.7. The maximum absolute atomic E-state index is 3.04. The van der Waals surface area contributed by atoms with Crippen molar-refractivity contribution < 1.29 is 0 Å². The summed E-state index contributed by atoms with van der Waals surface area (Å²) in [5.74, 6) is 0. The minimum atomic E-state index is 1.24. The molecule has 0 fully saturated rings. The Balaban J connectivity index is 2.65. The Hall–Kier alpha value is 0.519. The Morgan fingerprint density at radius 2 is 1.30 bits per heavy atom. The van der Waals surface area contributed by atoms with Crippen LogP contribution in [-0.4, -0.2) is 16.0 Å². The molecular weight excluding hydrogens is 187 g/mol. The van der Waals surface area contributed by atoms with E-state index in [4.69, 9.17) is 0 Å². The summed E-state index contributed by atoms with van der Waals surface area (Å²) in [4.78, 5) is 0. The van der Waals surface area contributed by atoms with Crippen LogP contribution in [0.1, 0.15) is 51.9 Å². The van der Waals surface area contributed by atoms with Crippen molar-refractivity contribution in [3.63, 3.8) is 0 Å². The van der Waals surface area contributed by atoms with Crippen LogP contribution in [0.3, 0.4) is 0 Å². The van der Waals surface area contributed by atoms with Crippen molar-refractivity contribution in [3.05, 3.63) is 0 Å². The first-order valence-corrected chi connectivity index (χ1v) is 5.71. The molecule has 0 aliphatic heterocycles. The molecule has 0 saturated carbocycles. The molecule has 0 amide bonds. The molecule has 61 valence electrons. The third-order valence-electron chi connectivity index (χ3n) is 1.75. The van der Waals surface area contributed by atoms with Gasteiger partial charge in [-0.1, -0.05) is 0 Å². The van der Waals surface area contributed by atoms with E-state index in [1.54, 1.807) is 0 Å². The van der Waals surface area contributed by atoms with Crippen LogP contribution in [0.5, 0.6) is 0 Å². The van der Waals surface area contributed by atoms with Crippen molar-refractivity contribution in [2.24, 2.45) is 0 Å². The molecule has 0 aromatic carbocycles. The van der Waals surface area contributed by atoms with Gasteiger partial charge < -0.3 is 0 Å². The topological polar surface area (TPSA) is 0 Å². The number of rotatable bonds is 7. The predicted molar refractivity (Wildman–Crippen MR) is 48.6 cm³/mol. The van der Waals surface area contributed by atoms with Gasteiger partial charge in [0, 0.05) is 0 Å². The second kappa shape index (κ2) is 9.52. The molecule has 0 saturated heterocycles. The molecule has 0 aromatic rings. The SMILES string of the molecule is CCCCCCCCC[Se]. The summed E-state index contributed by atoms with van der Waals surface area (Å²) < 4.78 is 0. The summed E-state index contributed by atoms with van der Waals surface area (Å²) in [6.07, 6.45) is 9.95. The quantitative estimate of drug-likeness (QED) is 0.442. The van der Waals surface area contributed by atoms with Gasteiger partial charge in [-0.15, -0.1) is 0 Å². The fourth-order valence-electron chi connectivity index (χ4n) is 1.06. The van der Waals surface area contributed by atoms with Gasteiger partial charge in [-0.25, -0.2) is 0 Å². The zero-order valence-electron chi connectivity index (χ0n) is 7.07. The zero-order valence-corrected chi connectivity index (χ0v) is 8.78. The Kier molecular flexibility index (Phi) is 10.0. The van der Waals surface area contributed by atoms with E-state index < -0.39 is 0 Å². The number of hydrogen-bond donors (Lipinski definition) is 0. The zero-order chi connectivity index (χ0) is 7.66. The fraction of sp³-hybridized carbons (Fsp3) is 1.00. The number of unbranched alkanes of at least 4 members (excludes halogenated alkanes) is 6. The van der Waals surface area contributed by atoms with Gasteiger partial charge in [0.25, 0.3) is 0 Å². The van der Waals surface area contributed by atoms with Gasteiger partial charge in [-0.2, -0.15) is 0 Å². The third-order valence-corrected chi connectivity index (χ3v) is 2.35. The molecule has 0 nitrogen and oxygen atoms in total. The average molecular weight is 206 g/mol. The van der Waals surface area contributed by atoms with Crippen LogP contribution in [0, 0.1) is 0 Å². The van der Waals surface area contributed by atoms with Gasteiger partial charge in [0.15, 0.2) is 0 Å². The molecule has 0 aliphatic carbocycles. The first-order chi connectivity index (χ1) is 4.91. The Morgan fingerprint density at radius 1 is 0.800 bits per heavy atom. The summed E-state index contributed by atoms with van der Waals surface area (Å²) in [7, 11) is 0. The van der Waals surface area contributed by atoms with Crippen LogP contribution in [0.2, 0.25) is 5.32 Å². The van der Waals surface area contributed by atoms with E-state index in [0.717, 1.165) is 0 Å². The molecular formula is C9H19Se. The molecule has 0 heterocycles. The molecule has 0 rings (SSSR count). The normalized spacial score (nSPS) is 10.2. The standard InChI is InChI=1S/C9H19Se/c1-2-3-4-5-6-7-8-9-10/h2-9H2,1H3. The van der Waals surface area contributed by atoms with Crippen molar-refractivity contribution in [2.45, 2.75) is 57.2 Å². The van der Waals surface area contributed by atoms with Crippen LogP contribution in [0.4, 0.5) is 0 Å². The average Bonchev–Trinajstić information content (AvgIpc) is 1.97.